The fourth-order valence-electron chi connectivity index (χ4n) is 2.19. The maximum Gasteiger partial charge on any atom is 0.140 e. The van der Waals surface area contributed by atoms with Crippen LogP contribution in [-0.4, -0.2) is 21.3 Å². The lowest BCUT2D eigenvalue weighted by atomic mass is 10.3. The van der Waals surface area contributed by atoms with Gasteiger partial charge >= 0.3 is 0 Å². The molecule has 0 amide bonds. The number of hydrogen-bond acceptors (Lipinski definition) is 5. The van der Waals surface area contributed by atoms with Gasteiger partial charge in [-0.1, -0.05) is 11.6 Å². The average molecular weight is 363 g/mol. The van der Waals surface area contributed by atoms with E-state index in [1.54, 1.807) is 17.5 Å². The summed E-state index contributed by atoms with van der Waals surface area (Å²) in [4.78, 5) is 4.58. The largest absolute Gasteiger partial charge is 0.486 e. The number of hydrogen-bond donors (Lipinski definition) is 1. The molecule has 1 aromatic carbocycles. The molecule has 5 nitrogen and oxygen atoms in total. The van der Waals surface area contributed by atoms with Crippen molar-refractivity contribution in [3.05, 3.63) is 63.8 Å². The number of rotatable bonds is 9. The summed E-state index contributed by atoms with van der Waals surface area (Å²) < 4.78 is 7.65. The number of aryl methyl sites for hydroxylation is 1. The molecule has 0 aliphatic rings. The van der Waals surface area contributed by atoms with Crippen LogP contribution in [0.5, 0.6) is 5.75 Å². The van der Waals surface area contributed by atoms with Gasteiger partial charge in [0.1, 0.15) is 17.4 Å². The normalized spacial score (nSPS) is 10.9. The van der Waals surface area contributed by atoms with E-state index in [-0.39, 0.29) is 0 Å². The standard InChI is InChI=1S/C17H19ClN4OS/c18-14-3-5-16(6-4-14)23-12-17-21-15(13-24-17)11-19-7-1-9-22-10-2-8-20-22/h2-6,8,10,13,19H,1,7,9,11-12H2. The maximum atomic E-state index is 5.85. The number of thiazole rings is 1. The second kappa shape index (κ2) is 8.82. The zero-order chi connectivity index (χ0) is 16.6. The zero-order valence-corrected chi connectivity index (χ0v) is 14.8. The minimum absolute atomic E-state index is 0.478. The van der Waals surface area contributed by atoms with Crippen molar-refractivity contribution in [1.29, 1.82) is 0 Å². The van der Waals surface area contributed by atoms with E-state index in [4.69, 9.17) is 16.3 Å². The first kappa shape index (κ1) is 17.0. The Kier molecular flexibility index (Phi) is 6.23. The lowest BCUT2D eigenvalue weighted by Gasteiger charge is -2.04. The van der Waals surface area contributed by atoms with Crippen LogP contribution < -0.4 is 10.1 Å². The van der Waals surface area contributed by atoms with Crippen LogP contribution in [0.15, 0.2) is 48.1 Å². The molecule has 0 radical (unpaired) electrons. The monoisotopic (exact) mass is 362 g/mol. The van der Waals surface area contributed by atoms with Gasteiger partial charge in [-0.05, 0) is 43.3 Å². The van der Waals surface area contributed by atoms with E-state index in [1.807, 2.05) is 41.2 Å². The predicted octanol–water partition coefficient (Wildman–Crippen LogP) is 3.75. The third-order valence-corrected chi connectivity index (χ3v) is 4.50. The van der Waals surface area contributed by atoms with Crippen molar-refractivity contribution in [3.8, 4) is 5.75 Å². The molecule has 0 aliphatic heterocycles. The number of nitrogens with one attached hydrogen (secondary N) is 1. The first-order chi connectivity index (χ1) is 11.8. The summed E-state index contributed by atoms with van der Waals surface area (Å²) in [7, 11) is 0. The van der Waals surface area contributed by atoms with Crippen molar-refractivity contribution in [2.45, 2.75) is 26.1 Å². The molecule has 0 aliphatic carbocycles. The second-order valence-electron chi connectivity index (χ2n) is 5.27. The topological polar surface area (TPSA) is 52.0 Å². The molecule has 2 heterocycles. The number of ether oxygens (including phenoxy) is 1. The molecule has 3 aromatic rings. The summed E-state index contributed by atoms with van der Waals surface area (Å²) in [5, 5.41) is 11.3. The lowest BCUT2D eigenvalue weighted by Crippen LogP contribution is -2.17. The molecule has 0 bridgehead atoms. The Morgan fingerprint density at radius 2 is 2.12 bits per heavy atom. The third kappa shape index (κ3) is 5.33. The highest BCUT2D eigenvalue weighted by Gasteiger charge is 2.03. The van der Waals surface area contributed by atoms with Crippen molar-refractivity contribution in [2.24, 2.45) is 0 Å². The van der Waals surface area contributed by atoms with Gasteiger partial charge in [-0.15, -0.1) is 11.3 Å². The van der Waals surface area contributed by atoms with Gasteiger partial charge in [0.2, 0.25) is 0 Å². The summed E-state index contributed by atoms with van der Waals surface area (Å²) in [6.45, 7) is 3.12. The van der Waals surface area contributed by atoms with Gasteiger partial charge < -0.3 is 10.1 Å². The molecule has 7 heteroatoms. The summed E-state index contributed by atoms with van der Waals surface area (Å²) in [5.41, 5.74) is 1.05. The Morgan fingerprint density at radius 1 is 1.25 bits per heavy atom. The maximum absolute atomic E-state index is 5.85. The molecule has 24 heavy (non-hydrogen) atoms. The Hall–Kier alpha value is -1.89. The van der Waals surface area contributed by atoms with Gasteiger partial charge in [-0.3, -0.25) is 4.68 Å². The molecule has 2 aromatic heterocycles. The number of halogens is 1. The minimum atomic E-state index is 0.478. The average Bonchev–Trinajstić information content (AvgIpc) is 3.26. The lowest BCUT2D eigenvalue weighted by molar-refractivity contribution is 0.305. The van der Waals surface area contributed by atoms with Crippen molar-refractivity contribution < 1.29 is 4.74 Å². The van der Waals surface area contributed by atoms with Gasteiger partial charge in [-0.25, -0.2) is 4.98 Å². The quantitative estimate of drug-likeness (QED) is 0.589. The highest BCUT2D eigenvalue weighted by Crippen LogP contribution is 2.18. The first-order valence-electron chi connectivity index (χ1n) is 7.79. The Labute approximate surface area is 150 Å². The van der Waals surface area contributed by atoms with Gasteiger partial charge in [0.15, 0.2) is 0 Å². The van der Waals surface area contributed by atoms with Crippen LogP contribution in [0.2, 0.25) is 5.02 Å². The van der Waals surface area contributed by atoms with Crippen LogP contribution in [0.3, 0.4) is 0 Å². The predicted molar refractivity (Wildman–Crippen MR) is 96.4 cm³/mol. The molecule has 0 unspecified atom stereocenters. The highest BCUT2D eigenvalue weighted by molar-refractivity contribution is 7.09. The molecular weight excluding hydrogens is 344 g/mol. The van der Waals surface area contributed by atoms with E-state index in [9.17, 15) is 0 Å². The van der Waals surface area contributed by atoms with Crippen molar-refractivity contribution in [2.75, 3.05) is 6.54 Å². The fraction of sp³-hybridized carbons (Fsp3) is 0.294. The van der Waals surface area contributed by atoms with Crippen molar-refractivity contribution in [1.82, 2.24) is 20.1 Å². The van der Waals surface area contributed by atoms with Crippen LogP contribution >= 0.6 is 22.9 Å². The Morgan fingerprint density at radius 3 is 2.92 bits per heavy atom. The summed E-state index contributed by atoms with van der Waals surface area (Å²) in [5.74, 6) is 0.799. The van der Waals surface area contributed by atoms with Crippen LogP contribution in [0.1, 0.15) is 17.1 Å². The SMILES string of the molecule is Clc1ccc(OCc2nc(CNCCCn3cccn3)cs2)cc1. The van der Waals surface area contributed by atoms with Crippen molar-refractivity contribution in [3.63, 3.8) is 0 Å². The van der Waals surface area contributed by atoms with Crippen LogP contribution in [-0.2, 0) is 19.7 Å². The van der Waals surface area contributed by atoms with Gasteiger partial charge in [0, 0.05) is 35.9 Å². The van der Waals surface area contributed by atoms with E-state index in [2.05, 4.69) is 20.8 Å². The van der Waals surface area contributed by atoms with Crippen LogP contribution in [0.25, 0.3) is 0 Å². The second-order valence-corrected chi connectivity index (χ2v) is 6.65. The minimum Gasteiger partial charge on any atom is -0.486 e. The van der Waals surface area contributed by atoms with Crippen LogP contribution in [0.4, 0.5) is 0 Å². The van der Waals surface area contributed by atoms with E-state index < -0.39 is 0 Å². The molecule has 126 valence electrons. The third-order valence-electron chi connectivity index (χ3n) is 3.38. The van der Waals surface area contributed by atoms with Crippen LogP contribution in [0, 0.1) is 0 Å². The fourth-order valence-corrected chi connectivity index (χ4v) is 3.02. The Bertz CT molecular complexity index is 727. The number of benzene rings is 1. The highest BCUT2D eigenvalue weighted by atomic mass is 35.5. The molecule has 0 fully saturated rings. The smallest absolute Gasteiger partial charge is 0.140 e. The zero-order valence-electron chi connectivity index (χ0n) is 13.2. The molecule has 0 saturated heterocycles. The van der Waals surface area contributed by atoms with Gasteiger partial charge in [0.25, 0.3) is 0 Å². The summed E-state index contributed by atoms with van der Waals surface area (Å²) in [6, 6.07) is 9.29. The van der Waals surface area contributed by atoms with E-state index >= 15 is 0 Å². The molecule has 0 spiro atoms. The van der Waals surface area contributed by atoms with E-state index in [1.165, 1.54) is 0 Å². The number of aromatic nitrogens is 3. The van der Waals surface area contributed by atoms with E-state index in [0.717, 1.165) is 42.5 Å². The first-order valence-corrected chi connectivity index (χ1v) is 9.05. The summed E-state index contributed by atoms with van der Waals surface area (Å²) >= 11 is 7.47. The molecule has 3 rings (SSSR count). The number of nitrogens with zero attached hydrogens (tertiary/aromatic N) is 3. The van der Waals surface area contributed by atoms with Gasteiger partial charge in [-0.2, -0.15) is 5.10 Å². The summed E-state index contributed by atoms with van der Waals surface area (Å²) in [6.07, 6.45) is 4.82. The molecule has 1 N–H and O–H groups in total. The Balaban J connectivity index is 1.35. The molecular formula is C17H19ClN4OS. The molecule has 0 atom stereocenters. The molecule has 0 saturated carbocycles. The van der Waals surface area contributed by atoms with E-state index in [0.29, 0.717) is 11.6 Å². The van der Waals surface area contributed by atoms with Crippen molar-refractivity contribution >= 4 is 22.9 Å². The van der Waals surface area contributed by atoms with Gasteiger partial charge in [0.05, 0.1) is 5.69 Å².